The number of methoxy groups -OCH3 is 1. The minimum absolute atomic E-state index is 0.203. The molecule has 142 valence electrons. The number of aromatic nitrogens is 4. The third kappa shape index (κ3) is 3.27. The van der Waals surface area contributed by atoms with Gasteiger partial charge in [-0.25, -0.2) is 9.48 Å². The van der Waals surface area contributed by atoms with Crippen LogP contribution in [0.25, 0.3) is 16.7 Å². The van der Waals surface area contributed by atoms with Gasteiger partial charge in [0.15, 0.2) is 11.4 Å². The Morgan fingerprint density at radius 1 is 1.14 bits per heavy atom. The lowest BCUT2D eigenvalue weighted by molar-refractivity contribution is 0.0931. The number of imidazole rings is 1. The minimum Gasteiger partial charge on any atom is -0.493 e. The van der Waals surface area contributed by atoms with E-state index in [1.165, 1.54) is 7.11 Å². The first-order chi connectivity index (χ1) is 13.5. The molecule has 4 aromatic rings. The second-order valence-electron chi connectivity index (χ2n) is 6.41. The predicted molar refractivity (Wildman–Crippen MR) is 105 cm³/mol. The van der Waals surface area contributed by atoms with Crippen molar-refractivity contribution in [1.29, 1.82) is 0 Å². The molecule has 2 aromatic carbocycles. The van der Waals surface area contributed by atoms with Gasteiger partial charge in [-0.05, 0) is 36.8 Å². The average Bonchev–Trinajstić information content (AvgIpc) is 3.30. The number of hydrogen-bond donors (Lipinski definition) is 3. The lowest BCUT2D eigenvalue weighted by Crippen LogP contribution is -2.27. The minimum atomic E-state index is -0.346. The van der Waals surface area contributed by atoms with Gasteiger partial charge in [0.05, 0.1) is 36.1 Å². The summed E-state index contributed by atoms with van der Waals surface area (Å²) in [6, 6.07) is 14.7. The number of aromatic amines is 2. The van der Waals surface area contributed by atoms with E-state index >= 15 is 0 Å². The normalized spacial score (nSPS) is 12.1. The Bertz CT molecular complexity index is 1190. The molecule has 0 fully saturated rings. The molecule has 0 saturated carbocycles. The Kier molecular flexibility index (Phi) is 4.44. The van der Waals surface area contributed by atoms with E-state index in [4.69, 9.17) is 4.74 Å². The van der Waals surface area contributed by atoms with E-state index in [2.05, 4.69) is 20.4 Å². The molecule has 1 atom stereocenters. The highest BCUT2D eigenvalue weighted by molar-refractivity contribution is 5.95. The number of nitrogens with one attached hydrogen (secondary N) is 3. The van der Waals surface area contributed by atoms with Gasteiger partial charge in [0, 0.05) is 0 Å². The van der Waals surface area contributed by atoms with Crippen LogP contribution < -0.4 is 15.7 Å². The lowest BCUT2D eigenvalue weighted by Gasteiger charge is -2.14. The van der Waals surface area contributed by atoms with Crippen molar-refractivity contribution in [3.63, 3.8) is 0 Å². The van der Waals surface area contributed by atoms with Crippen molar-refractivity contribution in [1.82, 2.24) is 25.1 Å². The summed E-state index contributed by atoms with van der Waals surface area (Å²) >= 11 is 0. The summed E-state index contributed by atoms with van der Waals surface area (Å²) < 4.78 is 6.93. The van der Waals surface area contributed by atoms with Crippen molar-refractivity contribution in [3.8, 4) is 11.4 Å². The van der Waals surface area contributed by atoms with E-state index in [-0.39, 0.29) is 23.3 Å². The second kappa shape index (κ2) is 7.07. The molecule has 3 N–H and O–H groups in total. The van der Waals surface area contributed by atoms with Crippen molar-refractivity contribution in [2.24, 2.45) is 0 Å². The molecule has 2 heterocycles. The zero-order valence-corrected chi connectivity index (χ0v) is 15.4. The van der Waals surface area contributed by atoms with E-state index in [9.17, 15) is 9.59 Å². The largest absolute Gasteiger partial charge is 0.493 e. The number of nitrogens with zero attached hydrogens (tertiary/aromatic N) is 2. The summed E-state index contributed by atoms with van der Waals surface area (Å²) in [6.07, 6.45) is 1.67. The Hall–Kier alpha value is -3.81. The maximum Gasteiger partial charge on any atom is 0.323 e. The summed E-state index contributed by atoms with van der Waals surface area (Å²) in [4.78, 5) is 29.6. The number of carbonyl (C=O) groups is 1. The van der Waals surface area contributed by atoms with Crippen molar-refractivity contribution >= 4 is 16.9 Å². The molecule has 0 bridgehead atoms. The van der Waals surface area contributed by atoms with Crippen molar-refractivity contribution in [2.75, 3.05) is 7.11 Å². The molecule has 28 heavy (non-hydrogen) atoms. The van der Waals surface area contributed by atoms with E-state index < -0.39 is 0 Å². The Labute approximate surface area is 160 Å². The molecule has 8 heteroatoms. The van der Waals surface area contributed by atoms with Gasteiger partial charge < -0.3 is 20.0 Å². The number of fused-ring (bicyclic) bond motifs is 1. The molecule has 2 aromatic heterocycles. The highest BCUT2D eigenvalue weighted by Crippen LogP contribution is 2.22. The monoisotopic (exact) mass is 377 g/mol. The number of amides is 1. The number of hydrogen-bond acceptors (Lipinski definition) is 4. The van der Waals surface area contributed by atoms with Gasteiger partial charge in [0.25, 0.3) is 5.91 Å². The van der Waals surface area contributed by atoms with Crippen molar-refractivity contribution in [3.05, 3.63) is 76.5 Å². The third-order valence-corrected chi connectivity index (χ3v) is 4.52. The number of H-pyrrole nitrogens is 2. The smallest absolute Gasteiger partial charge is 0.323 e. The molecule has 8 nitrogen and oxygen atoms in total. The molecule has 1 unspecified atom stereocenters. The third-order valence-electron chi connectivity index (χ3n) is 4.52. The number of rotatable bonds is 5. The maximum atomic E-state index is 12.8. The van der Waals surface area contributed by atoms with Crippen LogP contribution in [0.3, 0.4) is 0 Å². The van der Waals surface area contributed by atoms with Crippen LogP contribution in [0.1, 0.15) is 29.0 Å². The van der Waals surface area contributed by atoms with Gasteiger partial charge in [-0.1, -0.05) is 24.3 Å². The lowest BCUT2D eigenvalue weighted by atomic mass is 10.1. The molecule has 0 aliphatic heterocycles. The standard InChI is InChI=1S/C20H19N5O3/c1-12(13-8-9-15-16(10-13)23-20(27)22-15)21-19(26)18-17(28-2)11-25(24-18)14-6-4-3-5-7-14/h3-12H,1-2H3,(H,21,26)(H2,22,23,27). The van der Waals surface area contributed by atoms with Crippen molar-refractivity contribution in [2.45, 2.75) is 13.0 Å². The molecule has 0 saturated heterocycles. The number of benzene rings is 2. The quantitative estimate of drug-likeness (QED) is 0.497. The SMILES string of the molecule is COc1cn(-c2ccccc2)nc1C(=O)NC(C)c1ccc2[nH]c(=O)[nH]c2c1. The highest BCUT2D eigenvalue weighted by Gasteiger charge is 2.20. The van der Waals surface area contributed by atoms with E-state index in [1.54, 1.807) is 16.9 Å². The van der Waals surface area contributed by atoms with Crippen molar-refractivity contribution < 1.29 is 9.53 Å². The van der Waals surface area contributed by atoms with Gasteiger partial charge >= 0.3 is 5.69 Å². The summed E-state index contributed by atoms with van der Waals surface area (Å²) in [5.74, 6) is 0.0423. The van der Waals surface area contributed by atoms with Crippen LogP contribution in [0.5, 0.6) is 5.75 Å². The molecule has 0 aliphatic carbocycles. The molecule has 4 rings (SSSR count). The van der Waals surface area contributed by atoms with Crippen LogP contribution in [0.15, 0.2) is 59.5 Å². The summed E-state index contributed by atoms with van der Waals surface area (Å²) in [7, 11) is 1.50. The topological polar surface area (TPSA) is 105 Å². The Morgan fingerprint density at radius 3 is 2.64 bits per heavy atom. The first kappa shape index (κ1) is 17.6. The molecule has 1 amide bonds. The van der Waals surface area contributed by atoms with E-state index in [1.807, 2.05) is 49.4 Å². The van der Waals surface area contributed by atoms with E-state index in [0.717, 1.165) is 16.8 Å². The fraction of sp³-hybridized carbons (Fsp3) is 0.150. The summed E-state index contributed by atoms with van der Waals surface area (Å²) in [5.41, 5.74) is 3.03. The van der Waals surface area contributed by atoms with Crippen LogP contribution in [-0.2, 0) is 0 Å². The van der Waals surface area contributed by atoms with E-state index in [0.29, 0.717) is 11.3 Å². The molecular formula is C20H19N5O3. The van der Waals surface area contributed by atoms with Crippen LogP contribution in [0.2, 0.25) is 0 Å². The number of carbonyl (C=O) groups excluding carboxylic acids is 1. The maximum absolute atomic E-state index is 12.8. The van der Waals surface area contributed by atoms with Crippen LogP contribution in [-0.4, -0.2) is 32.8 Å². The average molecular weight is 377 g/mol. The van der Waals surface area contributed by atoms with Crippen LogP contribution in [0.4, 0.5) is 0 Å². The first-order valence-corrected chi connectivity index (χ1v) is 8.77. The Balaban J connectivity index is 1.58. The highest BCUT2D eigenvalue weighted by atomic mass is 16.5. The zero-order chi connectivity index (χ0) is 19.7. The molecule has 0 aliphatic rings. The predicted octanol–water partition coefficient (Wildman–Crippen LogP) is 2.54. The zero-order valence-electron chi connectivity index (χ0n) is 15.4. The molecule has 0 spiro atoms. The van der Waals surface area contributed by atoms with Gasteiger partial charge in [-0.2, -0.15) is 5.10 Å². The Morgan fingerprint density at radius 2 is 1.89 bits per heavy atom. The fourth-order valence-electron chi connectivity index (χ4n) is 3.05. The summed E-state index contributed by atoms with van der Waals surface area (Å²) in [6.45, 7) is 1.87. The first-order valence-electron chi connectivity index (χ1n) is 8.77. The van der Waals surface area contributed by atoms with Gasteiger partial charge in [-0.15, -0.1) is 0 Å². The van der Waals surface area contributed by atoms with Gasteiger partial charge in [0.2, 0.25) is 0 Å². The van der Waals surface area contributed by atoms with Crippen LogP contribution >= 0.6 is 0 Å². The number of ether oxygens (including phenoxy) is 1. The van der Waals surface area contributed by atoms with Gasteiger partial charge in [-0.3, -0.25) is 4.79 Å². The molecular weight excluding hydrogens is 358 g/mol. The number of para-hydroxylation sites is 1. The van der Waals surface area contributed by atoms with Gasteiger partial charge in [0.1, 0.15) is 0 Å². The molecule has 0 radical (unpaired) electrons. The van der Waals surface area contributed by atoms with Crippen LogP contribution in [0, 0.1) is 0 Å². The fourth-order valence-corrected chi connectivity index (χ4v) is 3.05. The second-order valence-corrected chi connectivity index (χ2v) is 6.41. The summed E-state index contributed by atoms with van der Waals surface area (Å²) in [5, 5.41) is 7.30.